The third kappa shape index (κ3) is 3.16. The van der Waals surface area contributed by atoms with Gasteiger partial charge in [0, 0.05) is 17.7 Å². The van der Waals surface area contributed by atoms with Crippen LogP contribution in [0.3, 0.4) is 0 Å². The predicted octanol–water partition coefficient (Wildman–Crippen LogP) is 1.20. The van der Waals surface area contributed by atoms with Crippen LogP contribution < -0.4 is 10.1 Å². The van der Waals surface area contributed by atoms with Gasteiger partial charge in [-0.1, -0.05) is 0 Å². The molecule has 0 saturated carbocycles. The number of anilines is 1. The molecular weight excluding hydrogens is 372 g/mol. The molecule has 3 aliphatic rings. The lowest BCUT2D eigenvalue weighted by Crippen LogP contribution is -2.46. The second kappa shape index (κ2) is 6.56. The van der Waals surface area contributed by atoms with E-state index in [2.05, 4.69) is 5.32 Å². The number of carbonyl (C=O) groups is 4. The van der Waals surface area contributed by atoms with E-state index in [-0.39, 0.29) is 23.3 Å². The number of thioether (sulfide) groups is 1. The molecule has 0 spiro atoms. The van der Waals surface area contributed by atoms with Crippen molar-refractivity contribution in [3.05, 3.63) is 23.8 Å². The number of amides is 2. The molecule has 1 aromatic carbocycles. The molecule has 3 aliphatic heterocycles. The van der Waals surface area contributed by atoms with Gasteiger partial charge in [-0.25, -0.2) is 4.79 Å². The molecule has 4 rings (SSSR count). The molecular formula is C18H18N2O6S. The van der Waals surface area contributed by atoms with Gasteiger partial charge in [-0.15, -0.1) is 11.8 Å². The van der Waals surface area contributed by atoms with Crippen LogP contribution >= 0.6 is 11.8 Å². The van der Waals surface area contributed by atoms with Crippen molar-refractivity contribution in [1.82, 2.24) is 4.90 Å². The summed E-state index contributed by atoms with van der Waals surface area (Å²) in [5.74, 6) is -0.358. The number of nitrogens with one attached hydrogen (secondary N) is 1. The number of benzene rings is 1. The zero-order valence-corrected chi connectivity index (χ0v) is 15.5. The molecule has 1 N–H and O–H groups in total. The van der Waals surface area contributed by atoms with Crippen molar-refractivity contribution in [3.63, 3.8) is 0 Å². The number of carbonyl (C=O) groups excluding carboxylic acids is 4. The third-order valence-corrected chi connectivity index (χ3v) is 6.50. The van der Waals surface area contributed by atoms with Crippen molar-refractivity contribution < 1.29 is 28.7 Å². The van der Waals surface area contributed by atoms with Gasteiger partial charge in [-0.2, -0.15) is 0 Å². The molecule has 2 atom stereocenters. The van der Waals surface area contributed by atoms with Crippen molar-refractivity contribution in [2.24, 2.45) is 0 Å². The summed E-state index contributed by atoms with van der Waals surface area (Å²) < 4.78 is 10.4. The average Bonchev–Trinajstić information content (AvgIpc) is 3.14. The Labute approximate surface area is 159 Å². The molecule has 0 bridgehead atoms. The van der Waals surface area contributed by atoms with Crippen molar-refractivity contribution >= 4 is 41.0 Å². The van der Waals surface area contributed by atoms with Crippen LogP contribution in [0.5, 0.6) is 5.75 Å². The second-order valence-electron chi connectivity index (χ2n) is 6.84. The minimum atomic E-state index is -0.654. The Morgan fingerprint density at radius 3 is 3.04 bits per heavy atom. The highest BCUT2D eigenvalue weighted by atomic mass is 32.2. The van der Waals surface area contributed by atoms with Gasteiger partial charge in [-0.3, -0.25) is 14.4 Å². The third-order valence-electron chi connectivity index (χ3n) is 5.00. The maximum absolute atomic E-state index is 12.4. The Balaban J connectivity index is 1.40. The molecule has 0 aliphatic carbocycles. The van der Waals surface area contributed by atoms with Crippen molar-refractivity contribution in [2.75, 3.05) is 24.3 Å². The number of hydrogen-bond donors (Lipinski definition) is 1. The van der Waals surface area contributed by atoms with Crippen LogP contribution in [0.2, 0.25) is 0 Å². The van der Waals surface area contributed by atoms with Gasteiger partial charge in [0.2, 0.25) is 5.91 Å². The van der Waals surface area contributed by atoms with E-state index in [1.807, 2.05) is 6.92 Å². The normalized spacial score (nSPS) is 26.1. The lowest BCUT2D eigenvalue weighted by molar-refractivity contribution is -0.152. The molecule has 3 heterocycles. The van der Waals surface area contributed by atoms with Crippen molar-refractivity contribution in [3.8, 4) is 5.75 Å². The zero-order chi connectivity index (χ0) is 19.2. The largest absolute Gasteiger partial charge is 0.482 e. The summed E-state index contributed by atoms with van der Waals surface area (Å²) in [5, 5.41) is 2.63. The first-order valence-corrected chi connectivity index (χ1v) is 9.59. The SMILES string of the molecule is C[C@@]12CCC(=O)N1[C@@H](C(=O)OCC(=O)c1ccc3c(c1)NC(=O)CO3)CS2. The van der Waals surface area contributed by atoms with E-state index in [4.69, 9.17) is 9.47 Å². The van der Waals surface area contributed by atoms with Crippen LogP contribution in [-0.2, 0) is 19.1 Å². The molecule has 0 unspecified atom stereocenters. The maximum Gasteiger partial charge on any atom is 0.330 e. The Kier molecular flexibility index (Phi) is 4.33. The van der Waals surface area contributed by atoms with E-state index in [9.17, 15) is 19.2 Å². The van der Waals surface area contributed by atoms with E-state index in [1.165, 1.54) is 6.07 Å². The Hall–Kier alpha value is -2.55. The first kappa shape index (κ1) is 17.8. The zero-order valence-electron chi connectivity index (χ0n) is 14.6. The average molecular weight is 390 g/mol. The summed E-state index contributed by atoms with van der Waals surface area (Å²) >= 11 is 1.57. The number of rotatable bonds is 4. The first-order valence-electron chi connectivity index (χ1n) is 8.60. The summed E-state index contributed by atoms with van der Waals surface area (Å²) in [6.45, 7) is 1.46. The monoisotopic (exact) mass is 390 g/mol. The lowest BCUT2D eigenvalue weighted by atomic mass is 10.1. The van der Waals surface area contributed by atoms with Gasteiger partial charge in [0.25, 0.3) is 5.91 Å². The summed E-state index contributed by atoms with van der Waals surface area (Å²) in [7, 11) is 0. The molecule has 2 fully saturated rings. The number of fused-ring (bicyclic) bond motifs is 2. The van der Waals surface area contributed by atoms with Crippen LogP contribution in [-0.4, -0.2) is 58.3 Å². The van der Waals surface area contributed by atoms with Gasteiger partial charge < -0.3 is 19.7 Å². The summed E-state index contributed by atoms with van der Waals surface area (Å²) in [6, 6.07) is 3.98. The Morgan fingerprint density at radius 1 is 1.41 bits per heavy atom. The van der Waals surface area contributed by atoms with Crippen LogP contribution in [0.4, 0.5) is 5.69 Å². The molecule has 1 aromatic rings. The highest BCUT2D eigenvalue weighted by Crippen LogP contribution is 2.47. The van der Waals surface area contributed by atoms with Crippen LogP contribution in [0.1, 0.15) is 30.1 Å². The summed E-state index contributed by atoms with van der Waals surface area (Å²) in [6.07, 6.45) is 1.14. The number of ketones is 1. The first-order chi connectivity index (χ1) is 12.9. The topological polar surface area (TPSA) is 102 Å². The fourth-order valence-electron chi connectivity index (χ4n) is 3.57. The van der Waals surface area contributed by atoms with E-state index < -0.39 is 24.4 Å². The molecule has 27 heavy (non-hydrogen) atoms. The van der Waals surface area contributed by atoms with E-state index in [0.717, 1.165) is 0 Å². The number of hydrogen-bond acceptors (Lipinski definition) is 7. The smallest absolute Gasteiger partial charge is 0.330 e. The summed E-state index contributed by atoms with van der Waals surface area (Å²) in [5.41, 5.74) is 0.712. The van der Waals surface area contributed by atoms with Gasteiger partial charge in [0.1, 0.15) is 11.8 Å². The van der Waals surface area contributed by atoms with Gasteiger partial charge in [0.15, 0.2) is 19.0 Å². The molecule has 142 valence electrons. The quantitative estimate of drug-likeness (QED) is 0.609. The Morgan fingerprint density at radius 2 is 2.22 bits per heavy atom. The van der Waals surface area contributed by atoms with Gasteiger partial charge in [-0.05, 0) is 31.5 Å². The van der Waals surface area contributed by atoms with Crippen LogP contribution in [0.15, 0.2) is 18.2 Å². The molecule has 0 aromatic heterocycles. The number of nitrogens with zero attached hydrogens (tertiary/aromatic N) is 1. The Bertz CT molecular complexity index is 856. The number of esters is 1. The minimum absolute atomic E-state index is 0.0544. The van der Waals surface area contributed by atoms with Gasteiger partial charge >= 0.3 is 5.97 Å². The standard InChI is InChI=1S/C18H18N2O6S/c1-18-5-4-16(23)20(18)12(9-27-18)17(24)26-7-13(21)10-2-3-14-11(6-10)19-15(22)8-25-14/h2-3,6,12H,4-5,7-9H2,1H3,(H,19,22)/t12-,18-/m1/s1. The number of ether oxygens (including phenoxy) is 2. The minimum Gasteiger partial charge on any atom is -0.482 e. The molecule has 2 amide bonds. The molecule has 8 nitrogen and oxygen atoms in total. The molecule has 9 heteroatoms. The predicted molar refractivity (Wildman–Crippen MR) is 96.6 cm³/mol. The maximum atomic E-state index is 12.4. The molecule has 2 saturated heterocycles. The van der Waals surface area contributed by atoms with E-state index >= 15 is 0 Å². The van der Waals surface area contributed by atoms with Crippen molar-refractivity contribution in [2.45, 2.75) is 30.7 Å². The fourth-order valence-corrected chi connectivity index (χ4v) is 4.98. The van der Waals surface area contributed by atoms with Crippen LogP contribution in [0, 0.1) is 0 Å². The fraction of sp³-hybridized carbons (Fsp3) is 0.444. The molecule has 0 radical (unpaired) electrons. The highest BCUT2D eigenvalue weighted by molar-refractivity contribution is 8.01. The van der Waals surface area contributed by atoms with Crippen LogP contribution in [0.25, 0.3) is 0 Å². The lowest BCUT2D eigenvalue weighted by Gasteiger charge is -2.29. The summed E-state index contributed by atoms with van der Waals surface area (Å²) in [4.78, 5) is 49.5. The van der Waals surface area contributed by atoms with Gasteiger partial charge in [0.05, 0.1) is 10.6 Å². The highest BCUT2D eigenvalue weighted by Gasteiger charge is 2.53. The second-order valence-corrected chi connectivity index (χ2v) is 8.35. The number of Topliss-reactive ketones (excluding diaryl/α,β-unsaturated/α-hetero) is 1. The van der Waals surface area contributed by atoms with E-state index in [1.54, 1.807) is 28.8 Å². The van der Waals surface area contributed by atoms with Crippen molar-refractivity contribution in [1.29, 1.82) is 0 Å². The van der Waals surface area contributed by atoms with E-state index in [0.29, 0.717) is 35.6 Å².